The van der Waals surface area contributed by atoms with E-state index in [-0.39, 0.29) is 17.5 Å². The molecule has 6 heteroatoms. The summed E-state index contributed by atoms with van der Waals surface area (Å²) in [5.41, 5.74) is 5.97. The summed E-state index contributed by atoms with van der Waals surface area (Å²) < 4.78 is 0. The van der Waals surface area contributed by atoms with E-state index >= 15 is 0 Å². The largest absolute Gasteiger partial charge is 0.476 e. The van der Waals surface area contributed by atoms with Gasteiger partial charge in [-0.2, -0.15) is 10.3 Å². The van der Waals surface area contributed by atoms with Crippen LogP contribution in [0.1, 0.15) is 35.9 Å². The third-order valence-electron chi connectivity index (χ3n) is 2.19. The van der Waals surface area contributed by atoms with E-state index in [9.17, 15) is 4.79 Å². The van der Waals surface area contributed by atoms with Crippen LogP contribution in [-0.2, 0) is 0 Å². The molecule has 1 aromatic heterocycles. The van der Waals surface area contributed by atoms with Gasteiger partial charge in [-0.05, 0) is 5.92 Å². The second-order valence-corrected chi connectivity index (χ2v) is 3.45. The number of rotatable bonds is 4. The molecule has 4 N–H and O–H groups in total. The minimum Gasteiger partial charge on any atom is -0.476 e. The summed E-state index contributed by atoms with van der Waals surface area (Å²) in [6, 6.07) is 0. The van der Waals surface area contributed by atoms with Crippen LogP contribution in [0.4, 0.5) is 0 Å². The van der Waals surface area contributed by atoms with Crippen molar-refractivity contribution >= 4 is 5.97 Å². The van der Waals surface area contributed by atoms with Crippen molar-refractivity contribution in [2.75, 3.05) is 6.54 Å². The molecule has 1 rings (SSSR count). The Morgan fingerprint density at radius 2 is 2.21 bits per heavy atom. The molecule has 1 aromatic rings. The van der Waals surface area contributed by atoms with Gasteiger partial charge < -0.3 is 10.8 Å². The van der Waals surface area contributed by atoms with Crippen LogP contribution in [0.15, 0.2) is 0 Å². The molecule has 0 aromatic carbocycles. The van der Waals surface area contributed by atoms with Crippen LogP contribution < -0.4 is 5.73 Å². The smallest absolute Gasteiger partial charge is 0.358 e. The van der Waals surface area contributed by atoms with Crippen molar-refractivity contribution < 1.29 is 9.90 Å². The fraction of sp³-hybridized carbons (Fsp3) is 0.625. The van der Waals surface area contributed by atoms with Crippen molar-refractivity contribution in [3.63, 3.8) is 0 Å². The van der Waals surface area contributed by atoms with Crippen LogP contribution in [0.2, 0.25) is 0 Å². The number of nitrogens with zero attached hydrogens (tertiary/aromatic N) is 2. The molecular formula is C8H14N4O2. The van der Waals surface area contributed by atoms with E-state index in [0.29, 0.717) is 12.2 Å². The van der Waals surface area contributed by atoms with Gasteiger partial charge in [-0.1, -0.05) is 13.8 Å². The normalized spacial score (nSPS) is 13.1. The lowest BCUT2D eigenvalue weighted by Crippen LogP contribution is -2.20. The Bertz CT molecular complexity index is 321. The van der Waals surface area contributed by atoms with E-state index in [2.05, 4.69) is 15.4 Å². The van der Waals surface area contributed by atoms with Gasteiger partial charge in [0.1, 0.15) is 5.69 Å². The van der Waals surface area contributed by atoms with E-state index in [1.165, 1.54) is 0 Å². The number of carboxylic acid groups (broad SMARTS) is 1. The van der Waals surface area contributed by atoms with Gasteiger partial charge in [0, 0.05) is 12.5 Å². The Kier molecular flexibility index (Phi) is 3.19. The third kappa shape index (κ3) is 1.90. The summed E-state index contributed by atoms with van der Waals surface area (Å²) in [4.78, 5) is 10.8. The molecule has 1 heterocycles. The van der Waals surface area contributed by atoms with E-state index in [1.807, 2.05) is 13.8 Å². The first kappa shape index (κ1) is 10.6. The first-order chi connectivity index (χ1) is 6.57. The average Bonchev–Trinajstić information content (AvgIpc) is 2.53. The molecule has 0 fully saturated rings. The molecule has 0 saturated carbocycles. The predicted molar refractivity (Wildman–Crippen MR) is 50.0 cm³/mol. The summed E-state index contributed by atoms with van der Waals surface area (Å²) in [5.74, 6) is -0.907. The lowest BCUT2D eigenvalue weighted by atomic mass is 9.91. The quantitative estimate of drug-likeness (QED) is 0.641. The van der Waals surface area contributed by atoms with E-state index in [1.54, 1.807) is 0 Å². The Labute approximate surface area is 81.5 Å². The van der Waals surface area contributed by atoms with Gasteiger partial charge in [-0.3, -0.25) is 0 Å². The lowest BCUT2D eigenvalue weighted by Gasteiger charge is -2.16. The van der Waals surface area contributed by atoms with Crippen molar-refractivity contribution in [1.82, 2.24) is 15.4 Å². The predicted octanol–water partition coefficient (Wildman–Crippen LogP) is 0.201. The molecule has 0 saturated heterocycles. The first-order valence-corrected chi connectivity index (χ1v) is 4.42. The molecule has 0 amide bonds. The molecule has 0 radical (unpaired) electrons. The third-order valence-corrected chi connectivity index (χ3v) is 2.19. The topological polar surface area (TPSA) is 105 Å². The number of aromatic nitrogens is 3. The number of carbonyl (C=O) groups is 1. The maximum absolute atomic E-state index is 10.8. The van der Waals surface area contributed by atoms with Crippen LogP contribution in [-0.4, -0.2) is 33.0 Å². The van der Waals surface area contributed by atoms with Gasteiger partial charge in [0.25, 0.3) is 0 Å². The molecule has 14 heavy (non-hydrogen) atoms. The molecule has 78 valence electrons. The van der Waals surface area contributed by atoms with Crippen molar-refractivity contribution in [3.8, 4) is 0 Å². The van der Waals surface area contributed by atoms with E-state index in [4.69, 9.17) is 10.8 Å². The Balaban J connectivity index is 3.03. The van der Waals surface area contributed by atoms with Crippen LogP contribution in [0, 0.1) is 5.92 Å². The Hall–Kier alpha value is -1.43. The molecule has 0 aliphatic carbocycles. The van der Waals surface area contributed by atoms with E-state index in [0.717, 1.165) is 0 Å². The zero-order valence-electron chi connectivity index (χ0n) is 8.19. The molecule has 0 aliphatic rings. The number of aromatic amines is 1. The van der Waals surface area contributed by atoms with Crippen LogP contribution >= 0.6 is 0 Å². The number of H-pyrrole nitrogens is 1. The Morgan fingerprint density at radius 1 is 1.57 bits per heavy atom. The Morgan fingerprint density at radius 3 is 2.64 bits per heavy atom. The minimum absolute atomic E-state index is 0.0332. The van der Waals surface area contributed by atoms with Gasteiger partial charge >= 0.3 is 5.97 Å². The van der Waals surface area contributed by atoms with Crippen LogP contribution in [0.5, 0.6) is 0 Å². The minimum atomic E-state index is -1.08. The molecular weight excluding hydrogens is 184 g/mol. The number of hydrogen-bond donors (Lipinski definition) is 3. The van der Waals surface area contributed by atoms with Crippen molar-refractivity contribution in [2.45, 2.75) is 19.8 Å². The number of hydrogen-bond acceptors (Lipinski definition) is 4. The van der Waals surface area contributed by atoms with Crippen molar-refractivity contribution in [2.24, 2.45) is 11.7 Å². The second-order valence-electron chi connectivity index (χ2n) is 3.45. The summed E-state index contributed by atoms with van der Waals surface area (Å²) in [6.45, 7) is 4.31. The summed E-state index contributed by atoms with van der Waals surface area (Å²) >= 11 is 0. The van der Waals surface area contributed by atoms with Gasteiger partial charge in [-0.15, -0.1) is 5.10 Å². The van der Waals surface area contributed by atoms with Gasteiger partial charge in [-0.25, -0.2) is 4.79 Å². The molecule has 0 aliphatic heterocycles. The maximum atomic E-state index is 10.8. The van der Waals surface area contributed by atoms with Gasteiger partial charge in [0.2, 0.25) is 0 Å². The van der Waals surface area contributed by atoms with Gasteiger partial charge in [0.05, 0.1) is 0 Å². The van der Waals surface area contributed by atoms with Crippen molar-refractivity contribution in [3.05, 3.63) is 11.4 Å². The summed E-state index contributed by atoms with van der Waals surface area (Å²) in [6.07, 6.45) is 0. The molecule has 6 nitrogen and oxygen atoms in total. The first-order valence-electron chi connectivity index (χ1n) is 4.42. The highest BCUT2D eigenvalue weighted by Crippen LogP contribution is 2.22. The molecule has 1 atom stereocenters. The zero-order valence-corrected chi connectivity index (χ0v) is 8.19. The molecule has 1 unspecified atom stereocenters. The fourth-order valence-corrected chi connectivity index (χ4v) is 1.35. The van der Waals surface area contributed by atoms with Gasteiger partial charge in [0.15, 0.2) is 5.69 Å². The molecule has 0 bridgehead atoms. The monoisotopic (exact) mass is 198 g/mol. The zero-order chi connectivity index (χ0) is 10.7. The SMILES string of the molecule is CC(C)C(CN)c1n[nH]nc1C(=O)O. The number of carboxylic acids is 1. The maximum Gasteiger partial charge on any atom is 0.358 e. The standard InChI is InChI=1S/C8H14N4O2/c1-4(2)5(3-9)6-7(8(13)14)11-12-10-6/h4-5H,3,9H2,1-2H3,(H,13,14)(H,10,11,12). The summed E-state index contributed by atoms with van der Waals surface area (Å²) in [7, 11) is 0. The molecule has 0 spiro atoms. The summed E-state index contributed by atoms with van der Waals surface area (Å²) in [5, 5.41) is 18.5. The highest BCUT2D eigenvalue weighted by Gasteiger charge is 2.24. The highest BCUT2D eigenvalue weighted by molar-refractivity contribution is 5.86. The number of nitrogens with two attached hydrogens (primary N) is 1. The van der Waals surface area contributed by atoms with Crippen LogP contribution in [0.3, 0.4) is 0 Å². The van der Waals surface area contributed by atoms with Crippen molar-refractivity contribution in [1.29, 1.82) is 0 Å². The number of aromatic carboxylic acids is 1. The fourth-order valence-electron chi connectivity index (χ4n) is 1.35. The lowest BCUT2D eigenvalue weighted by molar-refractivity contribution is 0.0688. The highest BCUT2D eigenvalue weighted by atomic mass is 16.4. The van der Waals surface area contributed by atoms with Crippen LogP contribution in [0.25, 0.3) is 0 Å². The average molecular weight is 198 g/mol. The second kappa shape index (κ2) is 4.19. The van der Waals surface area contributed by atoms with E-state index < -0.39 is 5.97 Å². The number of nitrogens with one attached hydrogen (secondary N) is 1.